The predicted octanol–water partition coefficient (Wildman–Crippen LogP) is 1.76. The summed E-state index contributed by atoms with van der Waals surface area (Å²) in [7, 11) is 2.14. The summed E-state index contributed by atoms with van der Waals surface area (Å²) in [6, 6.07) is 8.45. The molecule has 0 aliphatic carbocycles. The van der Waals surface area contributed by atoms with Gasteiger partial charge in [-0.2, -0.15) is 0 Å². The summed E-state index contributed by atoms with van der Waals surface area (Å²) in [6.07, 6.45) is 0.755. The second-order valence-corrected chi connectivity index (χ2v) is 4.90. The maximum atomic E-state index is 8.16. The Morgan fingerprint density at radius 1 is 1.24 bits per heavy atom. The molecule has 1 saturated heterocycles. The molecule has 0 saturated carbocycles. The number of rotatable bonds is 2. The summed E-state index contributed by atoms with van der Waals surface area (Å²) in [5, 5.41) is 8.16. The molecule has 0 aromatic heterocycles. The molecule has 3 heteroatoms. The average Bonchev–Trinajstić information content (AvgIpc) is 2.29. The molecule has 0 spiro atoms. The van der Waals surface area contributed by atoms with Gasteiger partial charge in [0.2, 0.25) is 0 Å². The van der Waals surface area contributed by atoms with Crippen LogP contribution >= 0.6 is 0 Å². The lowest BCUT2D eigenvalue weighted by Crippen LogP contribution is -2.47. The van der Waals surface area contributed by atoms with Crippen LogP contribution in [0.2, 0.25) is 0 Å². The van der Waals surface area contributed by atoms with E-state index in [4.69, 9.17) is 5.41 Å². The molecule has 17 heavy (non-hydrogen) atoms. The molecule has 0 bridgehead atoms. The molecule has 0 amide bonds. The molecule has 0 radical (unpaired) electrons. The van der Waals surface area contributed by atoms with Crippen molar-refractivity contribution >= 4 is 5.84 Å². The third-order valence-corrected chi connectivity index (χ3v) is 3.34. The van der Waals surface area contributed by atoms with E-state index in [2.05, 4.69) is 48.0 Å². The van der Waals surface area contributed by atoms with Gasteiger partial charge in [0, 0.05) is 32.6 Å². The Morgan fingerprint density at radius 3 is 2.59 bits per heavy atom. The molecule has 1 aromatic carbocycles. The molecule has 0 unspecified atom stereocenters. The Kier molecular flexibility index (Phi) is 3.79. The summed E-state index contributed by atoms with van der Waals surface area (Å²) in [4.78, 5) is 4.51. The minimum Gasteiger partial charge on any atom is -0.358 e. The summed E-state index contributed by atoms with van der Waals surface area (Å²) in [5.74, 6) is 0.753. The number of piperazine rings is 1. The van der Waals surface area contributed by atoms with Crippen LogP contribution < -0.4 is 0 Å². The summed E-state index contributed by atoms with van der Waals surface area (Å²) in [6.45, 7) is 6.21. The van der Waals surface area contributed by atoms with Crippen LogP contribution in [0.4, 0.5) is 0 Å². The van der Waals surface area contributed by atoms with E-state index in [1.807, 2.05) is 0 Å². The molecular weight excluding hydrogens is 210 g/mol. The third-order valence-electron chi connectivity index (χ3n) is 3.34. The van der Waals surface area contributed by atoms with Gasteiger partial charge in [0.1, 0.15) is 5.84 Å². The number of benzene rings is 1. The first-order chi connectivity index (χ1) is 8.15. The molecule has 92 valence electrons. The first-order valence-corrected chi connectivity index (χ1v) is 6.21. The molecule has 1 N–H and O–H groups in total. The Labute approximate surface area is 104 Å². The Morgan fingerprint density at radius 2 is 1.94 bits per heavy atom. The maximum absolute atomic E-state index is 8.16. The van der Waals surface area contributed by atoms with Crippen molar-refractivity contribution in [1.29, 1.82) is 5.41 Å². The second kappa shape index (κ2) is 5.32. The van der Waals surface area contributed by atoms with Gasteiger partial charge in [0.25, 0.3) is 0 Å². The fraction of sp³-hybridized carbons (Fsp3) is 0.500. The van der Waals surface area contributed by atoms with Gasteiger partial charge in [-0.1, -0.05) is 29.8 Å². The van der Waals surface area contributed by atoms with Crippen LogP contribution in [0.3, 0.4) is 0 Å². The van der Waals surface area contributed by atoms with Crippen molar-refractivity contribution in [2.45, 2.75) is 13.3 Å². The molecule has 1 aliphatic heterocycles. The number of hydrogen-bond donors (Lipinski definition) is 1. The van der Waals surface area contributed by atoms with Crippen LogP contribution in [0.25, 0.3) is 0 Å². The summed E-state index contributed by atoms with van der Waals surface area (Å²) >= 11 is 0. The number of likely N-dealkylation sites (N-methyl/N-ethyl adjacent to an activating group) is 1. The highest BCUT2D eigenvalue weighted by molar-refractivity contribution is 5.81. The van der Waals surface area contributed by atoms with E-state index in [0.29, 0.717) is 0 Å². The van der Waals surface area contributed by atoms with Gasteiger partial charge in [-0.25, -0.2) is 0 Å². The van der Waals surface area contributed by atoms with Crippen molar-refractivity contribution in [1.82, 2.24) is 9.80 Å². The molecular formula is C14H21N3. The highest BCUT2D eigenvalue weighted by atomic mass is 15.3. The van der Waals surface area contributed by atoms with Crippen molar-refractivity contribution in [3.63, 3.8) is 0 Å². The molecule has 2 rings (SSSR count). The van der Waals surface area contributed by atoms with Gasteiger partial charge >= 0.3 is 0 Å². The fourth-order valence-electron chi connectivity index (χ4n) is 2.20. The smallest absolute Gasteiger partial charge is 0.100 e. The van der Waals surface area contributed by atoms with E-state index >= 15 is 0 Å². The van der Waals surface area contributed by atoms with Crippen LogP contribution in [0.15, 0.2) is 24.3 Å². The van der Waals surface area contributed by atoms with Gasteiger partial charge in [-0.3, -0.25) is 5.41 Å². The quantitative estimate of drug-likeness (QED) is 0.621. The van der Waals surface area contributed by atoms with Gasteiger partial charge in [0.15, 0.2) is 0 Å². The lowest BCUT2D eigenvalue weighted by atomic mass is 10.1. The summed E-state index contributed by atoms with van der Waals surface area (Å²) < 4.78 is 0. The van der Waals surface area contributed by atoms with Crippen molar-refractivity contribution in [2.75, 3.05) is 33.2 Å². The maximum Gasteiger partial charge on any atom is 0.100 e. The lowest BCUT2D eigenvalue weighted by molar-refractivity contribution is 0.213. The lowest BCUT2D eigenvalue weighted by Gasteiger charge is -2.34. The standard InChI is InChI=1S/C14H21N3/c1-12-4-3-5-13(10-12)11-14(15)17-8-6-16(2)7-9-17/h3-5,10,15H,6-9,11H2,1-2H3. The van der Waals surface area contributed by atoms with Crippen molar-refractivity contribution in [3.05, 3.63) is 35.4 Å². The minimum atomic E-state index is 0.753. The number of aryl methyl sites for hydroxylation is 1. The van der Waals surface area contributed by atoms with Crippen molar-refractivity contribution in [2.24, 2.45) is 0 Å². The average molecular weight is 231 g/mol. The SMILES string of the molecule is Cc1cccc(CC(=N)N2CCN(C)CC2)c1. The van der Waals surface area contributed by atoms with E-state index in [1.54, 1.807) is 0 Å². The number of amidine groups is 1. The zero-order chi connectivity index (χ0) is 12.3. The van der Waals surface area contributed by atoms with Gasteiger partial charge < -0.3 is 9.80 Å². The fourth-order valence-corrected chi connectivity index (χ4v) is 2.20. The normalized spacial score (nSPS) is 17.2. The molecule has 3 nitrogen and oxygen atoms in total. The van der Waals surface area contributed by atoms with Gasteiger partial charge in [0.05, 0.1) is 0 Å². The van der Waals surface area contributed by atoms with Gasteiger partial charge in [-0.15, -0.1) is 0 Å². The Bertz CT molecular complexity index is 392. The molecule has 1 aliphatic rings. The van der Waals surface area contributed by atoms with E-state index in [1.165, 1.54) is 11.1 Å². The number of nitrogens with zero attached hydrogens (tertiary/aromatic N) is 2. The van der Waals surface area contributed by atoms with E-state index in [-0.39, 0.29) is 0 Å². The zero-order valence-corrected chi connectivity index (χ0v) is 10.7. The zero-order valence-electron chi connectivity index (χ0n) is 10.7. The van der Waals surface area contributed by atoms with E-state index in [9.17, 15) is 0 Å². The minimum absolute atomic E-state index is 0.753. The monoisotopic (exact) mass is 231 g/mol. The van der Waals surface area contributed by atoms with Crippen LogP contribution in [-0.4, -0.2) is 48.9 Å². The molecule has 1 aromatic rings. The first-order valence-electron chi connectivity index (χ1n) is 6.21. The van der Waals surface area contributed by atoms with Crippen molar-refractivity contribution in [3.8, 4) is 0 Å². The molecule has 0 atom stereocenters. The third kappa shape index (κ3) is 3.30. The van der Waals surface area contributed by atoms with E-state index in [0.717, 1.165) is 38.4 Å². The van der Waals surface area contributed by atoms with Crippen LogP contribution in [0.1, 0.15) is 11.1 Å². The topological polar surface area (TPSA) is 30.3 Å². The summed E-state index contributed by atoms with van der Waals surface area (Å²) in [5.41, 5.74) is 2.52. The Balaban J connectivity index is 1.93. The highest BCUT2D eigenvalue weighted by Crippen LogP contribution is 2.08. The largest absolute Gasteiger partial charge is 0.358 e. The Hall–Kier alpha value is -1.35. The first kappa shape index (κ1) is 12.1. The molecule has 1 heterocycles. The number of nitrogens with one attached hydrogen (secondary N) is 1. The predicted molar refractivity (Wildman–Crippen MR) is 71.7 cm³/mol. The van der Waals surface area contributed by atoms with Crippen LogP contribution in [0.5, 0.6) is 0 Å². The van der Waals surface area contributed by atoms with Crippen molar-refractivity contribution < 1.29 is 0 Å². The number of hydrogen-bond acceptors (Lipinski definition) is 2. The van der Waals surface area contributed by atoms with Crippen LogP contribution in [-0.2, 0) is 6.42 Å². The van der Waals surface area contributed by atoms with Gasteiger partial charge in [-0.05, 0) is 19.5 Å². The van der Waals surface area contributed by atoms with E-state index < -0.39 is 0 Å². The highest BCUT2D eigenvalue weighted by Gasteiger charge is 2.16. The van der Waals surface area contributed by atoms with Crippen LogP contribution in [0, 0.1) is 12.3 Å². The second-order valence-electron chi connectivity index (χ2n) is 4.90. The molecule has 1 fully saturated rings.